The minimum absolute atomic E-state index is 0.207. The third kappa shape index (κ3) is 3.55. The van der Waals surface area contributed by atoms with E-state index in [0.29, 0.717) is 12.1 Å². The molecule has 2 N–H and O–H groups in total. The van der Waals surface area contributed by atoms with E-state index < -0.39 is 5.54 Å². The number of hydrogen-bond acceptors (Lipinski definition) is 2. The number of rotatable bonds is 4. The van der Waals surface area contributed by atoms with Crippen molar-refractivity contribution in [3.63, 3.8) is 0 Å². The summed E-state index contributed by atoms with van der Waals surface area (Å²) in [6.07, 6.45) is 13.2. The third-order valence-electron chi connectivity index (χ3n) is 5.39. The van der Waals surface area contributed by atoms with E-state index in [0.717, 1.165) is 6.42 Å². The van der Waals surface area contributed by atoms with E-state index in [1.165, 1.54) is 64.2 Å². The molecule has 0 heterocycles. The lowest BCUT2D eigenvalue weighted by molar-refractivity contribution is -0.143. The third-order valence-corrected chi connectivity index (χ3v) is 5.39. The zero-order valence-corrected chi connectivity index (χ0v) is 13.4. The molecule has 0 bridgehead atoms. The maximum Gasteiger partial charge on any atom is 0.242 e. The van der Waals surface area contributed by atoms with Crippen LogP contribution in [0.15, 0.2) is 0 Å². The lowest BCUT2D eigenvalue weighted by atomic mass is 9.86. The molecule has 1 amide bonds. The van der Waals surface area contributed by atoms with Crippen molar-refractivity contribution in [1.29, 1.82) is 0 Å². The van der Waals surface area contributed by atoms with Crippen LogP contribution in [0.3, 0.4) is 0 Å². The highest BCUT2D eigenvalue weighted by Crippen LogP contribution is 2.32. The second kappa shape index (κ2) is 6.93. The van der Waals surface area contributed by atoms with E-state index >= 15 is 0 Å². The fourth-order valence-corrected chi connectivity index (χ4v) is 3.79. The molecule has 2 saturated carbocycles. The first kappa shape index (κ1) is 15.8. The number of carbonyl (C=O) groups excluding carboxylic acids is 1. The van der Waals surface area contributed by atoms with Crippen molar-refractivity contribution in [1.82, 2.24) is 4.90 Å². The SMILES string of the molecule is CCC(C)(N)C(=O)N(C1CCCCC1)C1CCCCC1. The smallest absolute Gasteiger partial charge is 0.242 e. The van der Waals surface area contributed by atoms with Gasteiger partial charge in [-0.15, -0.1) is 0 Å². The number of nitrogens with zero attached hydrogens (tertiary/aromatic N) is 1. The van der Waals surface area contributed by atoms with Gasteiger partial charge >= 0.3 is 0 Å². The molecule has 0 aliphatic heterocycles. The van der Waals surface area contributed by atoms with E-state index in [2.05, 4.69) is 4.90 Å². The Morgan fingerprint density at radius 3 is 1.75 bits per heavy atom. The quantitative estimate of drug-likeness (QED) is 0.855. The average molecular weight is 280 g/mol. The van der Waals surface area contributed by atoms with Gasteiger partial charge in [-0.05, 0) is 39.0 Å². The summed E-state index contributed by atoms with van der Waals surface area (Å²) in [5.74, 6) is 0.207. The maximum absolute atomic E-state index is 13.0. The molecule has 20 heavy (non-hydrogen) atoms. The molecule has 0 aromatic rings. The summed E-state index contributed by atoms with van der Waals surface area (Å²) in [6, 6.07) is 0.905. The van der Waals surface area contributed by atoms with Gasteiger partial charge < -0.3 is 10.6 Å². The van der Waals surface area contributed by atoms with E-state index in [-0.39, 0.29) is 5.91 Å². The monoisotopic (exact) mass is 280 g/mol. The highest BCUT2D eigenvalue weighted by molar-refractivity contribution is 5.86. The Morgan fingerprint density at radius 1 is 1.00 bits per heavy atom. The molecule has 2 aliphatic carbocycles. The minimum atomic E-state index is -0.686. The van der Waals surface area contributed by atoms with Crippen LogP contribution in [0.2, 0.25) is 0 Å². The van der Waals surface area contributed by atoms with E-state index in [4.69, 9.17) is 5.73 Å². The van der Waals surface area contributed by atoms with Gasteiger partial charge in [-0.1, -0.05) is 45.4 Å². The molecule has 0 aromatic heterocycles. The van der Waals surface area contributed by atoms with Crippen molar-refractivity contribution >= 4 is 5.91 Å². The van der Waals surface area contributed by atoms with Gasteiger partial charge in [0, 0.05) is 12.1 Å². The van der Waals surface area contributed by atoms with Crippen molar-refractivity contribution in [3.05, 3.63) is 0 Å². The topological polar surface area (TPSA) is 46.3 Å². The lowest BCUT2D eigenvalue weighted by Gasteiger charge is -2.44. The second-order valence-electron chi connectivity index (χ2n) is 7.07. The van der Waals surface area contributed by atoms with Crippen molar-refractivity contribution < 1.29 is 4.79 Å². The van der Waals surface area contributed by atoms with Crippen LogP contribution in [0.25, 0.3) is 0 Å². The summed E-state index contributed by atoms with van der Waals surface area (Å²) < 4.78 is 0. The molecule has 2 rings (SSSR count). The van der Waals surface area contributed by atoms with Gasteiger partial charge in [0.15, 0.2) is 0 Å². The van der Waals surface area contributed by atoms with Crippen molar-refractivity contribution in [2.75, 3.05) is 0 Å². The normalized spacial score (nSPS) is 25.1. The highest BCUT2D eigenvalue weighted by atomic mass is 16.2. The predicted octanol–water partition coefficient (Wildman–Crippen LogP) is 3.61. The first-order chi connectivity index (χ1) is 9.56. The van der Waals surface area contributed by atoms with Crippen LogP contribution in [0.5, 0.6) is 0 Å². The van der Waals surface area contributed by atoms with Crippen LogP contribution in [0.4, 0.5) is 0 Å². The minimum Gasteiger partial charge on any atom is -0.335 e. The number of carbonyl (C=O) groups is 1. The molecule has 3 heteroatoms. The molecular formula is C17H32N2O. The van der Waals surface area contributed by atoms with Gasteiger partial charge in [-0.25, -0.2) is 0 Å². The van der Waals surface area contributed by atoms with Crippen molar-refractivity contribution in [2.24, 2.45) is 5.73 Å². The van der Waals surface area contributed by atoms with Crippen LogP contribution in [-0.4, -0.2) is 28.4 Å². The van der Waals surface area contributed by atoms with Crippen molar-refractivity contribution in [2.45, 2.75) is 102 Å². The summed E-state index contributed by atoms with van der Waals surface area (Å²) in [6.45, 7) is 3.94. The summed E-state index contributed by atoms with van der Waals surface area (Å²) in [5, 5.41) is 0. The van der Waals surface area contributed by atoms with Gasteiger partial charge in [-0.3, -0.25) is 4.79 Å². The maximum atomic E-state index is 13.0. The largest absolute Gasteiger partial charge is 0.335 e. The number of amides is 1. The van der Waals surface area contributed by atoms with Gasteiger partial charge in [0.05, 0.1) is 5.54 Å². The van der Waals surface area contributed by atoms with Gasteiger partial charge in [0.2, 0.25) is 5.91 Å². The molecule has 0 radical (unpaired) electrons. The van der Waals surface area contributed by atoms with Crippen LogP contribution >= 0.6 is 0 Å². The Bertz CT molecular complexity index is 297. The van der Waals surface area contributed by atoms with E-state index in [1.54, 1.807) is 0 Å². The summed E-state index contributed by atoms with van der Waals surface area (Å²) >= 11 is 0. The van der Waals surface area contributed by atoms with Crippen molar-refractivity contribution in [3.8, 4) is 0 Å². The molecular weight excluding hydrogens is 248 g/mol. The first-order valence-electron chi connectivity index (χ1n) is 8.68. The van der Waals surface area contributed by atoms with E-state index in [1.807, 2.05) is 13.8 Å². The van der Waals surface area contributed by atoms with Gasteiger partial charge in [-0.2, -0.15) is 0 Å². The average Bonchev–Trinajstić information content (AvgIpc) is 2.49. The standard InChI is InChI=1S/C17H32N2O/c1-3-17(2,18)16(20)19(14-10-6-4-7-11-14)15-12-8-5-9-13-15/h14-15H,3-13,18H2,1-2H3. The van der Waals surface area contributed by atoms with Gasteiger partial charge in [0.25, 0.3) is 0 Å². The Morgan fingerprint density at radius 2 is 1.40 bits per heavy atom. The zero-order valence-electron chi connectivity index (χ0n) is 13.4. The Labute approximate surface area is 124 Å². The zero-order chi connectivity index (χ0) is 14.6. The van der Waals surface area contributed by atoms with E-state index in [9.17, 15) is 4.79 Å². The molecule has 3 nitrogen and oxygen atoms in total. The lowest BCUT2D eigenvalue weighted by Crippen LogP contribution is -2.59. The molecule has 116 valence electrons. The Balaban J connectivity index is 2.15. The summed E-state index contributed by atoms with van der Waals surface area (Å²) in [7, 11) is 0. The van der Waals surface area contributed by atoms with Crippen LogP contribution in [0.1, 0.15) is 84.5 Å². The molecule has 0 aromatic carbocycles. The fraction of sp³-hybridized carbons (Fsp3) is 0.941. The Hall–Kier alpha value is -0.570. The predicted molar refractivity (Wildman–Crippen MR) is 83.5 cm³/mol. The molecule has 0 spiro atoms. The molecule has 1 unspecified atom stereocenters. The fourth-order valence-electron chi connectivity index (χ4n) is 3.79. The molecule has 2 fully saturated rings. The Kier molecular flexibility index (Phi) is 5.48. The molecule has 0 saturated heterocycles. The van der Waals surface area contributed by atoms with Crippen LogP contribution in [0, 0.1) is 0 Å². The molecule has 1 atom stereocenters. The summed E-state index contributed by atoms with van der Waals surface area (Å²) in [4.78, 5) is 15.2. The van der Waals surface area contributed by atoms with Crippen LogP contribution in [-0.2, 0) is 4.79 Å². The number of nitrogens with two attached hydrogens (primary N) is 1. The molecule has 2 aliphatic rings. The van der Waals surface area contributed by atoms with Crippen LogP contribution < -0.4 is 5.73 Å². The highest BCUT2D eigenvalue weighted by Gasteiger charge is 2.39. The second-order valence-corrected chi connectivity index (χ2v) is 7.07. The summed E-state index contributed by atoms with van der Waals surface area (Å²) in [5.41, 5.74) is 5.60. The van der Waals surface area contributed by atoms with Gasteiger partial charge in [0.1, 0.15) is 0 Å². The first-order valence-corrected chi connectivity index (χ1v) is 8.68. The number of hydrogen-bond donors (Lipinski definition) is 1.